The molecule has 0 aliphatic rings. The van der Waals surface area contributed by atoms with Crippen molar-refractivity contribution in [2.24, 2.45) is 5.73 Å². The summed E-state index contributed by atoms with van der Waals surface area (Å²) in [7, 11) is 0. The van der Waals surface area contributed by atoms with E-state index in [9.17, 15) is 4.79 Å². The maximum absolute atomic E-state index is 11.5. The highest BCUT2D eigenvalue weighted by atomic mass is 16.5. The van der Waals surface area contributed by atoms with Crippen LogP contribution in [0.1, 0.15) is 37.0 Å². The summed E-state index contributed by atoms with van der Waals surface area (Å²) in [5.74, 6) is 0.874. The Morgan fingerprint density at radius 2 is 1.89 bits per heavy atom. The number of amides is 1. The lowest BCUT2D eigenvalue weighted by molar-refractivity contribution is -0.122. The topological polar surface area (TPSA) is 64.3 Å². The van der Waals surface area contributed by atoms with Gasteiger partial charge in [-0.25, -0.2) is 0 Å². The number of rotatable bonds is 6. The minimum Gasteiger partial charge on any atom is -0.493 e. The van der Waals surface area contributed by atoms with E-state index in [0.29, 0.717) is 19.6 Å². The van der Waals surface area contributed by atoms with Crippen LogP contribution >= 0.6 is 0 Å². The van der Waals surface area contributed by atoms with Gasteiger partial charge in [-0.2, -0.15) is 0 Å². The second-order valence-corrected chi connectivity index (χ2v) is 5.08. The molecule has 0 saturated heterocycles. The van der Waals surface area contributed by atoms with Crippen molar-refractivity contribution in [1.82, 2.24) is 5.32 Å². The molecule has 1 aromatic carbocycles. The molecule has 106 valence electrons. The van der Waals surface area contributed by atoms with Crippen LogP contribution < -0.4 is 15.8 Å². The van der Waals surface area contributed by atoms with Crippen molar-refractivity contribution >= 4 is 5.91 Å². The van der Waals surface area contributed by atoms with Crippen LogP contribution in [0.15, 0.2) is 12.1 Å². The van der Waals surface area contributed by atoms with E-state index in [2.05, 4.69) is 5.32 Å². The molecule has 1 aromatic rings. The van der Waals surface area contributed by atoms with E-state index >= 15 is 0 Å². The lowest BCUT2D eigenvalue weighted by Crippen LogP contribution is -2.31. The van der Waals surface area contributed by atoms with Crippen molar-refractivity contribution in [2.75, 3.05) is 6.61 Å². The summed E-state index contributed by atoms with van der Waals surface area (Å²) in [4.78, 5) is 11.5. The van der Waals surface area contributed by atoms with Crippen molar-refractivity contribution in [3.63, 3.8) is 0 Å². The molecule has 0 aromatic heterocycles. The number of nitrogens with one attached hydrogen (secondary N) is 1. The minimum atomic E-state index is 0.0175. The van der Waals surface area contributed by atoms with E-state index < -0.39 is 0 Å². The quantitative estimate of drug-likeness (QED) is 0.826. The lowest BCUT2D eigenvalue weighted by Gasteiger charge is -2.14. The van der Waals surface area contributed by atoms with Gasteiger partial charge in [0.1, 0.15) is 5.75 Å². The maximum Gasteiger partial charge on any atom is 0.223 e. The van der Waals surface area contributed by atoms with Crippen LogP contribution in [0.3, 0.4) is 0 Å². The summed E-state index contributed by atoms with van der Waals surface area (Å²) in [6, 6.07) is 4.22. The molecular formula is C15H24N2O2. The molecule has 0 unspecified atom stereocenters. The van der Waals surface area contributed by atoms with Crippen LogP contribution in [0, 0.1) is 13.8 Å². The Morgan fingerprint density at radius 1 is 1.32 bits per heavy atom. The molecule has 0 bridgehead atoms. The Labute approximate surface area is 115 Å². The minimum absolute atomic E-state index is 0.0175. The number of nitrogens with two attached hydrogens (primary N) is 1. The molecule has 0 heterocycles. The Bertz CT molecular complexity index is 419. The van der Waals surface area contributed by atoms with E-state index in [0.717, 1.165) is 22.4 Å². The molecule has 0 atom stereocenters. The van der Waals surface area contributed by atoms with Crippen molar-refractivity contribution in [1.29, 1.82) is 0 Å². The van der Waals surface area contributed by atoms with Crippen LogP contribution in [-0.4, -0.2) is 18.6 Å². The zero-order valence-electron chi connectivity index (χ0n) is 12.2. The maximum atomic E-state index is 11.5. The highest BCUT2D eigenvalue weighted by Crippen LogP contribution is 2.24. The highest BCUT2D eigenvalue weighted by Gasteiger charge is 2.08. The Morgan fingerprint density at radius 3 is 2.37 bits per heavy atom. The monoisotopic (exact) mass is 264 g/mol. The first-order chi connectivity index (χ1) is 8.93. The molecule has 4 nitrogen and oxygen atoms in total. The first-order valence-electron chi connectivity index (χ1n) is 6.66. The van der Waals surface area contributed by atoms with Gasteiger partial charge in [-0.05, 0) is 44.4 Å². The molecule has 1 amide bonds. The van der Waals surface area contributed by atoms with E-state index in [-0.39, 0.29) is 11.9 Å². The molecular weight excluding hydrogens is 240 g/mol. The van der Waals surface area contributed by atoms with Crippen LogP contribution in [0.2, 0.25) is 0 Å². The van der Waals surface area contributed by atoms with Gasteiger partial charge in [0.25, 0.3) is 0 Å². The van der Waals surface area contributed by atoms with Gasteiger partial charge in [-0.3, -0.25) is 4.79 Å². The van der Waals surface area contributed by atoms with Crippen molar-refractivity contribution < 1.29 is 9.53 Å². The number of ether oxygens (including phenoxy) is 1. The largest absolute Gasteiger partial charge is 0.493 e. The molecule has 19 heavy (non-hydrogen) atoms. The van der Waals surface area contributed by atoms with E-state index in [4.69, 9.17) is 10.5 Å². The molecule has 4 heteroatoms. The summed E-state index contributed by atoms with van der Waals surface area (Å²) >= 11 is 0. The van der Waals surface area contributed by atoms with Crippen molar-refractivity contribution in [3.8, 4) is 5.75 Å². The van der Waals surface area contributed by atoms with Gasteiger partial charge in [0.15, 0.2) is 0 Å². The van der Waals surface area contributed by atoms with Gasteiger partial charge in [0.2, 0.25) is 5.91 Å². The van der Waals surface area contributed by atoms with Gasteiger partial charge in [-0.15, -0.1) is 0 Å². The number of carbonyl (C=O) groups excluding carboxylic acids is 1. The summed E-state index contributed by atoms with van der Waals surface area (Å²) in [6.45, 7) is 8.80. The number of hydrogen-bond donors (Lipinski definition) is 2. The number of carbonyl (C=O) groups is 1. The van der Waals surface area contributed by atoms with E-state index in [1.54, 1.807) is 0 Å². The van der Waals surface area contributed by atoms with E-state index in [1.165, 1.54) is 0 Å². The molecule has 0 spiro atoms. The standard InChI is InChI=1S/C15H24N2O2/c1-10(2)17-14(18)5-6-19-15-11(3)7-13(9-16)8-12(15)4/h7-8,10H,5-6,9,16H2,1-4H3,(H,17,18). The molecule has 0 aliphatic carbocycles. The fourth-order valence-corrected chi connectivity index (χ4v) is 2.03. The third-order valence-corrected chi connectivity index (χ3v) is 2.78. The summed E-state index contributed by atoms with van der Waals surface area (Å²) < 4.78 is 5.72. The van der Waals surface area contributed by atoms with Crippen LogP contribution in [0.4, 0.5) is 0 Å². The summed E-state index contributed by atoms with van der Waals surface area (Å²) in [5.41, 5.74) is 8.85. The molecule has 1 rings (SSSR count). The van der Waals surface area contributed by atoms with Gasteiger partial charge in [-0.1, -0.05) is 12.1 Å². The highest BCUT2D eigenvalue weighted by molar-refractivity contribution is 5.76. The number of aryl methyl sites for hydroxylation is 2. The first-order valence-corrected chi connectivity index (χ1v) is 6.66. The predicted molar refractivity (Wildman–Crippen MR) is 77.2 cm³/mol. The number of hydrogen-bond acceptors (Lipinski definition) is 3. The smallest absolute Gasteiger partial charge is 0.223 e. The molecule has 0 fully saturated rings. The van der Waals surface area contributed by atoms with Crippen LogP contribution in [0.25, 0.3) is 0 Å². The zero-order chi connectivity index (χ0) is 14.4. The molecule has 0 aliphatic heterocycles. The molecule has 3 N–H and O–H groups in total. The summed E-state index contributed by atoms with van der Waals surface area (Å²) in [6.07, 6.45) is 0.371. The Kier molecular flexibility index (Phi) is 5.83. The Balaban J connectivity index is 2.56. The fourth-order valence-electron chi connectivity index (χ4n) is 2.03. The fraction of sp³-hybridized carbons (Fsp3) is 0.533. The number of benzene rings is 1. The SMILES string of the molecule is Cc1cc(CN)cc(C)c1OCCC(=O)NC(C)C. The van der Waals surface area contributed by atoms with E-state index in [1.807, 2.05) is 39.8 Å². The average Bonchev–Trinajstić information content (AvgIpc) is 2.31. The Hall–Kier alpha value is -1.55. The normalized spacial score (nSPS) is 10.6. The second-order valence-electron chi connectivity index (χ2n) is 5.08. The third-order valence-electron chi connectivity index (χ3n) is 2.78. The zero-order valence-corrected chi connectivity index (χ0v) is 12.2. The van der Waals surface area contributed by atoms with Gasteiger partial charge < -0.3 is 15.8 Å². The van der Waals surface area contributed by atoms with Crippen LogP contribution in [0.5, 0.6) is 5.75 Å². The third kappa shape index (κ3) is 4.91. The van der Waals surface area contributed by atoms with Crippen molar-refractivity contribution in [3.05, 3.63) is 28.8 Å². The molecule has 0 radical (unpaired) electrons. The van der Waals surface area contributed by atoms with Gasteiger partial charge >= 0.3 is 0 Å². The summed E-state index contributed by atoms with van der Waals surface area (Å²) in [5, 5.41) is 2.84. The lowest BCUT2D eigenvalue weighted by atomic mass is 10.1. The average molecular weight is 264 g/mol. The second kappa shape index (κ2) is 7.14. The predicted octanol–water partition coefficient (Wildman–Crippen LogP) is 2.06. The molecule has 0 saturated carbocycles. The van der Waals surface area contributed by atoms with Gasteiger partial charge in [0, 0.05) is 12.6 Å². The van der Waals surface area contributed by atoms with Crippen molar-refractivity contribution in [2.45, 2.75) is 46.7 Å². The first kappa shape index (κ1) is 15.5. The van der Waals surface area contributed by atoms with Crippen LogP contribution in [-0.2, 0) is 11.3 Å². The van der Waals surface area contributed by atoms with Gasteiger partial charge in [0.05, 0.1) is 13.0 Å².